The lowest BCUT2D eigenvalue weighted by molar-refractivity contribution is 0.295. The van der Waals surface area contributed by atoms with E-state index in [2.05, 4.69) is 59.3 Å². The third-order valence-electron chi connectivity index (χ3n) is 3.12. The summed E-state index contributed by atoms with van der Waals surface area (Å²) in [5.41, 5.74) is 1.13. The van der Waals surface area contributed by atoms with E-state index in [-0.39, 0.29) is 0 Å². The number of aryl methyl sites for hydroxylation is 1. The highest BCUT2D eigenvalue weighted by Gasteiger charge is 2.26. The van der Waals surface area contributed by atoms with Crippen molar-refractivity contribution in [1.29, 1.82) is 0 Å². The fourth-order valence-corrected chi connectivity index (χ4v) is 2.38. The summed E-state index contributed by atoms with van der Waals surface area (Å²) in [5, 5.41) is 11.6. The van der Waals surface area contributed by atoms with Crippen molar-refractivity contribution in [1.82, 2.24) is 20.3 Å². The Morgan fingerprint density at radius 1 is 1.38 bits per heavy atom. The molecule has 16 heavy (non-hydrogen) atoms. The van der Waals surface area contributed by atoms with Crippen LogP contribution in [-0.2, 0) is 7.05 Å². The molecule has 0 aliphatic rings. The summed E-state index contributed by atoms with van der Waals surface area (Å²) in [7, 11) is 1.94. The highest BCUT2D eigenvalue weighted by molar-refractivity contribution is 9.10. The molecule has 2 atom stereocenters. The SMILES string of the molecule is CCNC(c1c(Br)nnn1C)C(C)C(C)C. The summed E-state index contributed by atoms with van der Waals surface area (Å²) < 4.78 is 2.68. The Bertz CT molecular complexity index is 315. The van der Waals surface area contributed by atoms with Crippen molar-refractivity contribution in [2.24, 2.45) is 18.9 Å². The molecule has 0 spiro atoms. The largest absolute Gasteiger partial charge is 0.309 e. The van der Waals surface area contributed by atoms with Crippen LogP contribution in [0, 0.1) is 11.8 Å². The number of hydrogen-bond donors (Lipinski definition) is 1. The minimum absolute atomic E-state index is 0.291. The number of rotatable bonds is 5. The zero-order chi connectivity index (χ0) is 12.3. The molecule has 1 N–H and O–H groups in total. The van der Waals surface area contributed by atoms with Crippen LogP contribution in [0.1, 0.15) is 39.4 Å². The van der Waals surface area contributed by atoms with Gasteiger partial charge in [0.05, 0.1) is 11.7 Å². The van der Waals surface area contributed by atoms with E-state index in [1.54, 1.807) is 0 Å². The highest BCUT2D eigenvalue weighted by Crippen LogP contribution is 2.30. The van der Waals surface area contributed by atoms with Crippen LogP contribution < -0.4 is 5.32 Å². The lowest BCUT2D eigenvalue weighted by atomic mass is 9.88. The molecule has 1 aromatic heterocycles. The molecule has 5 heteroatoms. The first kappa shape index (κ1) is 13.6. The molecule has 0 saturated carbocycles. The molecule has 0 bridgehead atoms. The van der Waals surface area contributed by atoms with Gasteiger partial charge in [0, 0.05) is 7.05 Å². The highest BCUT2D eigenvalue weighted by atomic mass is 79.9. The van der Waals surface area contributed by atoms with Crippen LogP contribution in [0.15, 0.2) is 4.60 Å². The second-order valence-electron chi connectivity index (χ2n) is 4.53. The Kier molecular flexibility index (Phi) is 4.92. The number of halogens is 1. The summed E-state index contributed by atoms with van der Waals surface area (Å²) in [6, 6.07) is 0.291. The predicted molar refractivity (Wildman–Crippen MR) is 69.1 cm³/mol. The van der Waals surface area contributed by atoms with E-state index in [1.807, 2.05) is 11.7 Å². The second-order valence-corrected chi connectivity index (χ2v) is 5.28. The summed E-state index contributed by atoms with van der Waals surface area (Å²) in [5.74, 6) is 1.15. The first-order valence-corrected chi connectivity index (χ1v) is 6.56. The maximum absolute atomic E-state index is 4.05. The molecular weight excluding hydrogens is 268 g/mol. The van der Waals surface area contributed by atoms with E-state index in [9.17, 15) is 0 Å². The molecule has 2 unspecified atom stereocenters. The van der Waals surface area contributed by atoms with Gasteiger partial charge in [-0.1, -0.05) is 32.9 Å². The lowest BCUT2D eigenvalue weighted by Gasteiger charge is -2.27. The van der Waals surface area contributed by atoms with Crippen LogP contribution in [0.25, 0.3) is 0 Å². The molecule has 0 amide bonds. The molecule has 0 radical (unpaired) electrons. The lowest BCUT2D eigenvalue weighted by Crippen LogP contribution is -2.31. The average molecular weight is 289 g/mol. The van der Waals surface area contributed by atoms with Gasteiger partial charge in [-0.05, 0) is 34.3 Å². The summed E-state index contributed by atoms with van der Waals surface area (Å²) >= 11 is 3.47. The van der Waals surface area contributed by atoms with Gasteiger partial charge < -0.3 is 5.32 Å². The molecule has 0 fully saturated rings. The Morgan fingerprint density at radius 3 is 2.38 bits per heavy atom. The molecule has 0 saturated heterocycles. The van der Waals surface area contributed by atoms with Gasteiger partial charge in [0.1, 0.15) is 0 Å². The Balaban J connectivity index is 3.02. The van der Waals surface area contributed by atoms with Crippen LogP contribution in [0.2, 0.25) is 0 Å². The van der Waals surface area contributed by atoms with Crippen molar-refractivity contribution < 1.29 is 0 Å². The molecule has 0 aliphatic carbocycles. The summed E-state index contributed by atoms with van der Waals surface area (Å²) in [4.78, 5) is 0. The van der Waals surface area contributed by atoms with Gasteiger partial charge in [-0.2, -0.15) is 0 Å². The van der Waals surface area contributed by atoms with Gasteiger partial charge in [0.2, 0.25) is 0 Å². The van der Waals surface area contributed by atoms with Gasteiger partial charge in [0.25, 0.3) is 0 Å². The first-order valence-electron chi connectivity index (χ1n) is 5.77. The molecule has 4 nitrogen and oxygen atoms in total. The van der Waals surface area contributed by atoms with E-state index in [0.717, 1.165) is 16.8 Å². The van der Waals surface area contributed by atoms with Crippen LogP contribution in [0.5, 0.6) is 0 Å². The van der Waals surface area contributed by atoms with E-state index >= 15 is 0 Å². The van der Waals surface area contributed by atoms with Crippen molar-refractivity contribution in [3.05, 3.63) is 10.3 Å². The van der Waals surface area contributed by atoms with E-state index in [0.29, 0.717) is 17.9 Å². The van der Waals surface area contributed by atoms with Crippen LogP contribution in [0.4, 0.5) is 0 Å². The van der Waals surface area contributed by atoms with Gasteiger partial charge in [-0.15, -0.1) is 5.10 Å². The Hall–Kier alpha value is -0.420. The topological polar surface area (TPSA) is 42.7 Å². The molecule has 0 aromatic carbocycles. The summed E-state index contributed by atoms with van der Waals surface area (Å²) in [6.07, 6.45) is 0. The average Bonchev–Trinajstić information content (AvgIpc) is 2.55. The molecule has 0 aliphatic heterocycles. The number of nitrogens with one attached hydrogen (secondary N) is 1. The van der Waals surface area contributed by atoms with Gasteiger partial charge in [0.15, 0.2) is 4.60 Å². The zero-order valence-electron chi connectivity index (χ0n) is 10.7. The molecule has 1 heterocycles. The van der Waals surface area contributed by atoms with Crippen LogP contribution >= 0.6 is 15.9 Å². The fraction of sp³-hybridized carbons (Fsp3) is 0.818. The van der Waals surface area contributed by atoms with E-state index in [4.69, 9.17) is 0 Å². The minimum Gasteiger partial charge on any atom is -0.309 e. The van der Waals surface area contributed by atoms with E-state index in [1.165, 1.54) is 0 Å². The number of hydrogen-bond acceptors (Lipinski definition) is 3. The quantitative estimate of drug-likeness (QED) is 0.905. The summed E-state index contributed by atoms with van der Waals surface area (Å²) in [6.45, 7) is 9.81. The third-order valence-corrected chi connectivity index (χ3v) is 3.69. The van der Waals surface area contributed by atoms with Crippen molar-refractivity contribution in [3.63, 3.8) is 0 Å². The number of nitrogens with zero attached hydrogens (tertiary/aromatic N) is 3. The first-order chi connectivity index (χ1) is 7.49. The standard InChI is InChI=1S/C11H21BrN4/c1-6-13-9(8(4)7(2)3)10-11(12)14-15-16(10)5/h7-9,13H,6H2,1-5H3. The van der Waals surface area contributed by atoms with Crippen LogP contribution in [-0.4, -0.2) is 21.5 Å². The van der Waals surface area contributed by atoms with Gasteiger partial charge >= 0.3 is 0 Å². The smallest absolute Gasteiger partial charge is 0.153 e. The molecule has 1 aromatic rings. The Morgan fingerprint density at radius 2 is 2.00 bits per heavy atom. The fourth-order valence-electron chi connectivity index (χ4n) is 1.81. The minimum atomic E-state index is 0.291. The maximum atomic E-state index is 4.05. The van der Waals surface area contributed by atoms with Gasteiger partial charge in [-0.25, -0.2) is 4.68 Å². The van der Waals surface area contributed by atoms with Gasteiger partial charge in [-0.3, -0.25) is 0 Å². The van der Waals surface area contributed by atoms with Crippen molar-refractivity contribution >= 4 is 15.9 Å². The Labute approximate surface area is 106 Å². The third kappa shape index (κ3) is 2.83. The van der Waals surface area contributed by atoms with Crippen molar-refractivity contribution in [2.75, 3.05) is 6.54 Å². The van der Waals surface area contributed by atoms with E-state index < -0.39 is 0 Å². The zero-order valence-corrected chi connectivity index (χ0v) is 12.2. The number of aromatic nitrogens is 3. The maximum Gasteiger partial charge on any atom is 0.153 e. The molecule has 1 rings (SSSR count). The van der Waals surface area contributed by atoms with Crippen molar-refractivity contribution in [3.8, 4) is 0 Å². The van der Waals surface area contributed by atoms with Crippen molar-refractivity contribution in [2.45, 2.75) is 33.7 Å². The second kappa shape index (κ2) is 5.77. The normalized spacial score (nSPS) is 15.4. The monoisotopic (exact) mass is 288 g/mol. The van der Waals surface area contributed by atoms with Crippen LogP contribution in [0.3, 0.4) is 0 Å². The molecular formula is C11H21BrN4. The predicted octanol–water partition coefficient (Wildman–Crippen LogP) is 2.52. The molecule has 92 valence electrons.